The van der Waals surface area contributed by atoms with E-state index < -0.39 is 23.8 Å². The third-order valence-corrected chi connectivity index (χ3v) is 15.2. The van der Waals surface area contributed by atoms with E-state index in [9.17, 15) is 24.0 Å². The van der Waals surface area contributed by atoms with Crippen molar-refractivity contribution in [3.05, 3.63) is 71.7 Å². The first-order valence-corrected chi connectivity index (χ1v) is 26.2. The molecular formula is C51H70N10O6S. The molecule has 1 unspecified atom stereocenters. The zero-order chi connectivity index (χ0) is 47.5. The minimum absolute atomic E-state index is 0.0975. The van der Waals surface area contributed by atoms with Gasteiger partial charge in [0.05, 0.1) is 22.9 Å². The number of carbonyl (C=O) groups is 5. The molecule has 9 rings (SSSR count). The lowest BCUT2D eigenvalue weighted by Crippen LogP contribution is -2.60. The number of piperazine rings is 1. The predicted octanol–water partition coefficient (Wildman–Crippen LogP) is 6.28. The van der Waals surface area contributed by atoms with Crippen molar-refractivity contribution >= 4 is 53.0 Å². The second-order valence-electron chi connectivity index (χ2n) is 19.5. The second-order valence-corrected chi connectivity index (χ2v) is 20.2. The molecule has 366 valence electrons. The van der Waals surface area contributed by atoms with Crippen LogP contribution in [0.5, 0.6) is 11.5 Å². The standard InChI is InChI=1S/C44H55N9O6.C7H15NS/c1-49-20-16-44(17-21-49)28-52(29-44)39-37(27-45-30-47-39)59-36-11-7-6-10-33(36)40(55)46-18-8-4-2-3-5-9-19-50-22-24-51(25-23-50)31-12-13-32-34(26-31)43(58)53(42(32)57)35-14-15-38(54)48-41(35)56;1-9-8-7-5-3-2-4-6-7/h6-7,10-13,26-27,30,35H,2-5,8-9,14-25,28-29H2,1H3,(H,46,55)(H,48,54,56);7-8H,2-6H2,1H3. The third kappa shape index (κ3) is 12.2. The summed E-state index contributed by atoms with van der Waals surface area (Å²) >= 11 is 1.76. The lowest BCUT2D eigenvalue weighted by molar-refractivity contribution is -0.136. The maximum atomic E-state index is 13.3. The Morgan fingerprint density at radius 2 is 1.54 bits per heavy atom. The minimum Gasteiger partial charge on any atom is -0.451 e. The van der Waals surface area contributed by atoms with Crippen LogP contribution in [0.1, 0.15) is 127 Å². The number of imide groups is 2. The number of amides is 5. The van der Waals surface area contributed by atoms with Crippen molar-refractivity contribution in [1.82, 2.24) is 40.0 Å². The van der Waals surface area contributed by atoms with Gasteiger partial charge >= 0.3 is 0 Å². The molecule has 3 N–H and O–H groups in total. The fraction of sp³-hybridized carbons (Fsp3) is 0.588. The van der Waals surface area contributed by atoms with Gasteiger partial charge in [0.2, 0.25) is 11.8 Å². The zero-order valence-electron chi connectivity index (χ0n) is 40.0. The molecule has 1 atom stereocenters. The lowest BCUT2D eigenvalue weighted by Gasteiger charge is -2.54. The number of rotatable bonds is 17. The highest BCUT2D eigenvalue weighted by Crippen LogP contribution is 2.44. The zero-order valence-corrected chi connectivity index (χ0v) is 40.8. The number of unbranched alkanes of at least 4 members (excludes halogenated alkanes) is 5. The predicted molar refractivity (Wildman–Crippen MR) is 265 cm³/mol. The Kier molecular flexibility index (Phi) is 17.0. The van der Waals surface area contributed by atoms with Gasteiger partial charge in [0, 0.05) is 69.4 Å². The van der Waals surface area contributed by atoms with E-state index >= 15 is 0 Å². The van der Waals surface area contributed by atoms with Crippen molar-refractivity contribution in [2.45, 2.75) is 108 Å². The molecule has 1 aromatic heterocycles. The summed E-state index contributed by atoms with van der Waals surface area (Å²) in [7, 11) is 2.19. The molecular weight excluding hydrogens is 881 g/mol. The quantitative estimate of drug-likeness (QED) is 0.0784. The molecule has 6 aliphatic rings. The van der Waals surface area contributed by atoms with E-state index in [4.69, 9.17) is 4.74 Å². The largest absolute Gasteiger partial charge is 0.451 e. The Labute approximate surface area is 405 Å². The van der Waals surface area contributed by atoms with Gasteiger partial charge in [0.25, 0.3) is 17.7 Å². The van der Waals surface area contributed by atoms with Crippen LogP contribution in [0.2, 0.25) is 0 Å². The number of nitrogens with zero attached hydrogens (tertiary/aromatic N) is 7. The van der Waals surface area contributed by atoms with Gasteiger partial charge < -0.3 is 24.8 Å². The number of carbonyl (C=O) groups excluding carboxylic acids is 5. The number of aromatic nitrogens is 2. The van der Waals surface area contributed by atoms with E-state index in [1.165, 1.54) is 44.9 Å². The van der Waals surface area contributed by atoms with Gasteiger partial charge in [-0.1, -0.05) is 69.0 Å². The van der Waals surface area contributed by atoms with Crippen molar-refractivity contribution < 1.29 is 28.7 Å². The molecule has 5 amide bonds. The van der Waals surface area contributed by atoms with Crippen molar-refractivity contribution in [3.8, 4) is 11.5 Å². The third-order valence-electron chi connectivity index (χ3n) is 14.6. The Bertz CT molecular complexity index is 2230. The number of fused-ring (bicyclic) bond motifs is 1. The fourth-order valence-electron chi connectivity index (χ4n) is 10.5. The number of likely N-dealkylation sites (tertiary alicyclic amines) is 1. The molecule has 16 nitrogen and oxygen atoms in total. The van der Waals surface area contributed by atoms with Gasteiger partial charge in [-0.05, 0) is 108 Å². The lowest BCUT2D eigenvalue weighted by atomic mass is 9.72. The molecule has 1 aliphatic carbocycles. The smallest absolute Gasteiger partial charge is 0.262 e. The molecule has 6 heterocycles. The summed E-state index contributed by atoms with van der Waals surface area (Å²) in [5.74, 6) is -0.268. The van der Waals surface area contributed by atoms with Crippen LogP contribution in [0.4, 0.5) is 11.5 Å². The average molecular weight is 951 g/mol. The Morgan fingerprint density at radius 3 is 2.29 bits per heavy atom. The number of nitrogens with one attached hydrogen (secondary N) is 3. The molecule has 1 saturated carbocycles. The number of anilines is 2. The second kappa shape index (κ2) is 23.5. The Balaban J connectivity index is 0.000000624. The van der Waals surface area contributed by atoms with Crippen molar-refractivity contribution in [3.63, 3.8) is 0 Å². The van der Waals surface area contributed by atoms with E-state index in [1.54, 1.807) is 42.7 Å². The highest BCUT2D eigenvalue weighted by atomic mass is 32.2. The summed E-state index contributed by atoms with van der Waals surface area (Å²) in [5.41, 5.74) is 2.35. The van der Waals surface area contributed by atoms with Crippen LogP contribution < -0.4 is 29.9 Å². The molecule has 5 fully saturated rings. The summed E-state index contributed by atoms with van der Waals surface area (Å²) in [6.07, 6.45) is 21.6. The average Bonchev–Trinajstić information content (AvgIpc) is 3.59. The number of ether oxygens (including phenoxy) is 1. The summed E-state index contributed by atoms with van der Waals surface area (Å²) in [6, 6.07) is 12.5. The molecule has 0 radical (unpaired) electrons. The first-order valence-electron chi connectivity index (χ1n) is 25.0. The minimum atomic E-state index is -0.964. The summed E-state index contributed by atoms with van der Waals surface area (Å²) in [5, 5.41) is 5.33. The van der Waals surface area contributed by atoms with Gasteiger partial charge in [-0.3, -0.25) is 43.8 Å². The Hall–Kier alpha value is -5.10. The van der Waals surface area contributed by atoms with Crippen LogP contribution in [0, 0.1) is 5.41 Å². The van der Waals surface area contributed by atoms with E-state index in [-0.39, 0.29) is 24.7 Å². The molecule has 2 aromatic carbocycles. The van der Waals surface area contributed by atoms with Crippen LogP contribution in [-0.4, -0.2) is 145 Å². The SMILES string of the molecule is CN1CCC2(CC1)CN(c1ncncc1Oc1ccccc1C(=O)NCCCCCCCCN1CCN(c3ccc4c(c3)C(=O)N(C3CCC(=O)NC3=O)C4=O)CC1)C2.CSNC1CCCCC1. The highest BCUT2D eigenvalue weighted by Gasteiger charge is 2.46. The molecule has 5 aliphatic heterocycles. The summed E-state index contributed by atoms with van der Waals surface area (Å²) < 4.78 is 9.73. The van der Waals surface area contributed by atoms with E-state index in [1.807, 2.05) is 24.3 Å². The molecule has 68 heavy (non-hydrogen) atoms. The molecule has 1 spiro atoms. The monoisotopic (exact) mass is 951 g/mol. The number of para-hydroxylation sites is 1. The van der Waals surface area contributed by atoms with Crippen molar-refractivity contribution in [2.75, 3.05) is 88.6 Å². The number of benzene rings is 2. The van der Waals surface area contributed by atoms with E-state index in [0.717, 1.165) is 120 Å². The van der Waals surface area contributed by atoms with E-state index in [2.05, 4.69) is 58.2 Å². The first kappa shape index (κ1) is 49.3. The number of hydrogen-bond acceptors (Lipinski definition) is 14. The Morgan fingerprint density at radius 1 is 0.824 bits per heavy atom. The number of piperidine rings is 2. The van der Waals surface area contributed by atoms with Crippen LogP contribution in [-0.2, 0) is 9.59 Å². The van der Waals surface area contributed by atoms with Crippen LogP contribution in [0.15, 0.2) is 55.0 Å². The van der Waals surface area contributed by atoms with Crippen LogP contribution in [0.3, 0.4) is 0 Å². The van der Waals surface area contributed by atoms with Gasteiger partial charge in [-0.2, -0.15) is 0 Å². The van der Waals surface area contributed by atoms with Gasteiger partial charge in [-0.15, -0.1) is 0 Å². The maximum absolute atomic E-state index is 13.3. The van der Waals surface area contributed by atoms with Gasteiger partial charge in [0.1, 0.15) is 18.1 Å². The number of hydrogen-bond donors (Lipinski definition) is 3. The molecule has 17 heteroatoms. The topological polar surface area (TPSA) is 173 Å². The first-order chi connectivity index (χ1) is 33.1. The highest BCUT2D eigenvalue weighted by molar-refractivity contribution is 7.96. The molecule has 4 saturated heterocycles. The van der Waals surface area contributed by atoms with E-state index in [0.29, 0.717) is 40.1 Å². The molecule has 3 aromatic rings. The molecule has 0 bridgehead atoms. The van der Waals surface area contributed by atoms with Crippen molar-refractivity contribution in [2.24, 2.45) is 5.41 Å². The van der Waals surface area contributed by atoms with Gasteiger partial charge in [0.15, 0.2) is 11.6 Å². The van der Waals surface area contributed by atoms with Crippen LogP contribution >= 0.6 is 11.9 Å². The maximum Gasteiger partial charge on any atom is 0.262 e. The normalized spacial score (nSPS) is 21.0. The van der Waals surface area contributed by atoms with Gasteiger partial charge in [-0.25, -0.2) is 9.97 Å². The van der Waals surface area contributed by atoms with Crippen molar-refractivity contribution in [1.29, 1.82) is 0 Å². The summed E-state index contributed by atoms with van der Waals surface area (Å²) in [6.45, 7) is 9.28. The fourth-order valence-corrected chi connectivity index (χ4v) is 11.1. The van der Waals surface area contributed by atoms with Crippen LogP contribution in [0.25, 0.3) is 0 Å². The summed E-state index contributed by atoms with van der Waals surface area (Å²) in [4.78, 5) is 82.8.